The third-order valence-electron chi connectivity index (χ3n) is 5.60. The number of carbonyl (C=O) groups excluding carboxylic acids is 2. The standard InChI is InChI=1S/C28H31N5O4/c1-5-18-6-11-22(20(14-18)16-30-21-9-7-19(8-10-21)26(29)33-36)23-12-13-24(27(34)31-15-17(2)3)32-25(23)28(35)37-4/h5-14,17,30,36H,1,15-16H2,2-4H3,(H2,29,33)(H,31,34). The molecule has 2 aromatic carbocycles. The fourth-order valence-electron chi connectivity index (χ4n) is 3.61. The molecular formula is C28H31N5O4. The minimum Gasteiger partial charge on any atom is -0.464 e. The number of ether oxygens (including phenoxy) is 1. The molecule has 0 saturated carbocycles. The van der Waals surface area contributed by atoms with Gasteiger partial charge in [0.05, 0.1) is 7.11 Å². The predicted molar refractivity (Wildman–Crippen MR) is 145 cm³/mol. The van der Waals surface area contributed by atoms with Gasteiger partial charge in [-0.3, -0.25) is 4.79 Å². The van der Waals surface area contributed by atoms with Crippen LogP contribution in [0.5, 0.6) is 0 Å². The minimum atomic E-state index is -0.640. The first kappa shape index (κ1) is 26.9. The van der Waals surface area contributed by atoms with Crippen molar-refractivity contribution in [3.63, 3.8) is 0 Å². The summed E-state index contributed by atoms with van der Waals surface area (Å²) in [5.41, 5.74) is 10.3. The van der Waals surface area contributed by atoms with Gasteiger partial charge in [0.1, 0.15) is 5.69 Å². The highest BCUT2D eigenvalue weighted by molar-refractivity contribution is 5.99. The number of aromatic nitrogens is 1. The van der Waals surface area contributed by atoms with E-state index in [1.54, 1.807) is 30.3 Å². The number of anilines is 1. The Bertz CT molecular complexity index is 1320. The molecule has 0 bridgehead atoms. The number of benzene rings is 2. The maximum absolute atomic E-state index is 12.7. The summed E-state index contributed by atoms with van der Waals surface area (Å²) in [4.78, 5) is 29.6. The number of hydrogen-bond donors (Lipinski definition) is 4. The Balaban J connectivity index is 1.97. The number of carbonyl (C=O) groups is 2. The number of nitrogens with one attached hydrogen (secondary N) is 2. The number of rotatable bonds is 10. The quantitative estimate of drug-likeness (QED) is 0.107. The minimum absolute atomic E-state index is 0.0247. The summed E-state index contributed by atoms with van der Waals surface area (Å²) in [6.45, 7) is 8.75. The molecule has 37 heavy (non-hydrogen) atoms. The van der Waals surface area contributed by atoms with E-state index in [0.29, 0.717) is 24.2 Å². The molecule has 0 spiro atoms. The molecule has 3 aromatic rings. The monoisotopic (exact) mass is 501 g/mol. The molecule has 9 heteroatoms. The summed E-state index contributed by atoms with van der Waals surface area (Å²) in [6, 6.07) is 16.2. The zero-order valence-corrected chi connectivity index (χ0v) is 21.1. The van der Waals surface area contributed by atoms with Gasteiger partial charge in [-0.05, 0) is 65.1 Å². The summed E-state index contributed by atoms with van der Waals surface area (Å²) >= 11 is 0. The summed E-state index contributed by atoms with van der Waals surface area (Å²) in [7, 11) is 1.28. The van der Waals surface area contributed by atoms with E-state index in [4.69, 9.17) is 15.7 Å². The van der Waals surface area contributed by atoms with Crippen molar-refractivity contribution in [1.82, 2.24) is 10.3 Å². The van der Waals surface area contributed by atoms with Gasteiger partial charge in [-0.1, -0.05) is 43.8 Å². The highest BCUT2D eigenvalue weighted by atomic mass is 16.5. The van der Waals surface area contributed by atoms with Gasteiger partial charge in [0.25, 0.3) is 5.91 Å². The number of methoxy groups -OCH3 is 1. The second kappa shape index (κ2) is 12.3. The molecular weight excluding hydrogens is 470 g/mol. The van der Waals surface area contributed by atoms with Crippen LogP contribution >= 0.6 is 0 Å². The Kier molecular flexibility index (Phi) is 8.99. The summed E-state index contributed by atoms with van der Waals surface area (Å²) < 4.78 is 4.98. The number of amidine groups is 1. The largest absolute Gasteiger partial charge is 0.464 e. The second-order valence-corrected chi connectivity index (χ2v) is 8.72. The molecule has 0 atom stereocenters. The van der Waals surface area contributed by atoms with Gasteiger partial charge in [0, 0.05) is 29.9 Å². The van der Waals surface area contributed by atoms with Crippen LogP contribution in [0.15, 0.2) is 66.3 Å². The maximum atomic E-state index is 12.7. The first-order valence-corrected chi connectivity index (χ1v) is 11.7. The lowest BCUT2D eigenvalue weighted by atomic mass is 9.95. The molecule has 0 aliphatic carbocycles. The molecule has 0 radical (unpaired) electrons. The number of esters is 1. The maximum Gasteiger partial charge on any atom is 0.357 e. The predicted octanol–water partition coefficient (Wildman–Crippen LogP) is 4.27. The highest BCUT2D eigenvalue weighted by Gasteiger charge is 2.21. The van der Waals surface area contributed by atoms with Crippen molar-refractivity contribution in [2.24, 2.45) is 16.8 Å². The molecule has 0 fully saturated rings. The molecule has 9 nitrogen and oxygen atoms in total. The fourth-order valence-corrected chi connectivity index (χ4v) is 3.61. The average Bonchev–Trinajstić information content (AvgIpc) is 2.93. The molecule has 1 amide bonds. The number of amides is 1. The van der Waals surface area contributed by atoms with Gasteiger partial charge >= 0.3 is 5.97 Å². The number of oxime groups is 1. The van der Waals surface area contributed by atoms with Gasteiger partial charge in [0.2, 0.25) is 0 Å². The van der Waals surface area contributed by atoms with Gasteiger partial charge in [-0.15, -0.1) is 0 Å². The van der Waals surface area contributed by atoms with Crippen molar-refractivity contribution in [3.05, 3.63) is 89.3 Å². The summed E-state index contributed by atoms with van der Waals surface area (Å²) in [5, 5.41) is 18.0. The van der Waals surface area contributed by atoms with Gasteiger partial charge in [-0.2, -0.15) is 0 Å². The van der Waals surface area contributed by atoms with Crippen molar-refractivity contribution in [1.29, 1.82) is 0 Å². The third kappa shape index (κ3) is 6.72. The number of hydrogen-bond acceptors (Lipinski definition) is 7. The van der Waals surface area contributed by atoms with E-state index in [2.05, 4.69) is 27.4 Å². The van der Waals surface area contributed by atoms with Crippen molar-refractivity contribution in [2.45, 2.75) is 20.4 Å². The molecule has 1 aromatic heterocycles. The first-order chi connectivity index (χ1) is 17.8. The van der Waals surface area contributed by atoms with Gasteiger partial charge in [-0.25, -0.2) is 9.78 Å². The zero-order chi connectivity index (χ0) is 26.9. The van der Waals surface area contributed by atoms with E-state index >= 15 is 0 Å². The molecule has 0 saturated heterocycles. The second-order valence-electron chi connectivity index (χ2n) is 8.72. The van der Waals surface area contributed by atoms with Gasteiger partial charge < -0.3 is 26.3 Å². The van der Waals surface area contributed by atoms with Crippen molar-refractivity contribution < 1.29 is 19.5 Å². The number of nitrogens with two attached hydrogens (primary N) is 1. The lowest BCUT2D eigenvalue weighted by Gasteiger charge is -2.16. The normalized spacial score (nSPS) is 11.2. The Hall–Kier alpha value is -4.66. The molecule has 0 aliphatic rings. The average molecular weight is 502 g/mol. The lowest BCUT2D eigenvalue weighted by molar-refractivity contribution is 0.0595. The topological polar surface area (TPSA) is 139 Å². The molecule has 1 heterocycles. The Labute approximate surface area is 216 Å². The van der Waals surface area contributed by atoms with Crippen molar-refractivity contribution in [2.75, 3.05) is 19.0 Å². The highest BCUT2D eigenvalue weighted by Crippen LogP contribution is 2.29. The molecule has 192 valence electrons. The van der Waals surface area contributed by atoms with Crippen LogP contribution in [0.2, 0.25) is 0 Å². The smallest absolute Gasteiger partial charge is 0.357 e. The third-order valence-corrected chi connectivity index (χ3v) is 5.60. The van der Waals surface area contributed by atoms with E-state index < -0.39 is 5.97 Å². The van der Waals surface area contributed by atoms with Crippen LogP contribution in [0, 0.1) is 5.92 Å². The molecule has 0 aliphatic heterocycles. The number of pyridine rings is 1. The van der Waals surface area contributed by atoms with Crippen LogP contribution in [-0.2, 0) is 11.3 Å². The van der Waals surface area contributed by atoms with E-state index in [1.807, 2.05) is 44.2 Å². The van der Waals surface area contributed by atoms with Gasteiger partial charge in [0.15, 0.2) is 11.5 Å². The fraction of sp³-hybridized carbons (Fsp3) is 0.214. The lowest BCUT2D eigenvalue weighted by Crippen LogP contribution is -2.28. The summed E-state index contributed by atoms with van der Waals surface area (Å²) in [5.74, 6) is -0.696. The SMILES string of the molecule is C=Cc1ccc(-c2ccc(C(=O)NCC(C)C)nc2C(=O)OC)c(CNc2ccc(C(N)=NO)cc2)c1. The van der Waals surface area contributed by atoms with Crippen LogP contribution in [0.3, 0.4) is 0 Å². The Morgan fingerprint density at radius 1 is 1.14 bits per heavy atom. The summed E-state index contributed by atoms with van der Waals surface area (Å²) in [6.07, 6.45) is 1.74. The first-order valence-electron chi connectivity index (χ1n) is 11.7. The zero-order valence-electron chi connectivity index (χ0n) is 21.1. The Morgan fingerprint density at radius 3 is 2.46 bits per heavy atom. The Morgan fingerprint density at radius 2 is 1.84 bits per heavy atom. The van der Waals surface area contributed by atoms with Crippen LogP contribution in [0.4, 0.5) is 5.69 Å². The molecule has 0 unspecified atom stereocenters. The van der Waals surface area contributed by atoms with E-state index in [-0.39, 0.29) is 29.0 Å². The van der Waals surface area contributed by atoms with Crippen LogP contribution in [0.1, 0.15) is 51.5 Å². The van der Waals surface area contributed by atoms with E-state index in [9.17, 15) is 9.59 Å². The molecule has 5 N–H and O–H groups in total. The van der Waals surface area contributed by atoms with Crippen LogP contribution in [0.25, 0.3) is 17.2 Å². The van der Waals surface area contributed by atoms with Crippen LogP contribution in [-0.4, -0.2) is 41.6 Å². The number of nitrogens with zero attached hydrogens (tertiary/aromatic N) is 2. The van der Waals surface area contributed by atoms with Crippen LogP contribution < -0.4 is 16.4 Å². The van der Waals surface area contributed by atoms with Crippen molar-refractivity contribution >= 4 is 29.5 Å². The van der Waals surface area contributed by atoms with E-state index in [0.717, 1.165) is 22.4 Å². The molecule has 3 rings (SSSR count). The van der Waals surface area contributed by atoms with E-state index in [1.165, 1.54) is 7.11 Å². The van der Waals surface area contributed by atoms with Crippen molar-refractivity contribution in [3.8, 4) is 11.1 Å².